The first-order valence-electron chi connectivity index (χ1n) is 26.9. The number of aromatic nitrogens is 5. The van der Waals surface area contributed by atoms with Gasteiger partial charge in [0, 0.05) is 46.7 Å². The van der Waals surface area contributed by atoms with E-state index in [0.717, 1.165) is 82.8 Å². The second-order valence-electron chi connectivity index (χ2n) is 20.7. The van der Waals surface area contributed by atoms with Crippen LogP contribution in [0.3, 0.4) is 0 Å². The van der Waals surface area contributed by atoms with E-state index in [-0.39, 0.29) is 33.9 Å². The number of carbonyl (C=O) groups excluding carboxylic acids is 2. The van der Waals surface area contributed by atoms with Crippen LogP contribution in [0.4, 0.5) is 0 Å². The molecule has 2 N–H and O–H groups in total. The minimum atomic E-state index is -0.986. The Labute approximate surface area is 470 Å². The van der Waals surface area contributed by atoms with Crippen LogP contribution < -0.4 is 5.32 Å². The van der Waals surface area contributed by atoms with Gasteiger partial charge in [0.1, 0.15) is 17.1 Å². The first kappa shape index (κ1) is 55.8. The third kappa shape index (κ3) is 12.5. The molecule has 0 spiro atoms. The highest BCUT2D eigenvalue weighted by Gasteiger charge is 2.28. The molecule has 1 amide bonds. The molecule has 0 unspecified atom stereocenters. The number of nitrogens with zero attached hydrogens (tertiary/aromatic N) is 5. The third-order valence-corrected chi connectivity index (χ3v) is 14.8. The number of aryl methyl sites for hydroxylation is 3. The zero-order valence-corrected chi connectivity index (χ0v) is 44.3. The molecule has 3 saturated carbocycles. The Bertz CT molecular complexity index is 3890. The van der Waals surface area contributed by atoms with Gasteiger partial charge in [0.05, 0.1) is 41.6 Å². The maximum atomic E-state index is 12.8. The lowest BCUT2D eigenvalue weighted by atomic mass is 9.95. The van der Waals surface area contributed by atoms with E-state index < -0.39 is 5.97 Å². The number of esters is 1. The van der Waals surface area contributed by atoms with Gasteiger partial charge in [0.2, 0.25) is 0 Å². The van der Waals surface area contributed by atoms with E-state index in [4.69, 9.17) is 9.72 Å². The number of carboxylic acid groups (broad SMARTS) is 1. The number of pyridine rings is 3. The Balaban J connectivity index is 0.000000158. The minimum Gasteiger partial charge on any atom is -0.477 e. The van der Waals surface area contributed by atoms with Crippen molar-refractivity contribution in [2.24, 2.45) is 0 Å². The molecule has 0 atom stereocenters. The van der Waals surface area contributed by atoms with Crippen LogP contribution in [0, 0.1) is 20.8 Å². The van der Waals surface area contributed by atoms with E-state index in [1.165, 1.54) is 55.2 Å². The largest absolute Gasteiger partial charge is 0.477 e. The Morgan fingerprint density at radius 2 is 0.925 bits per heavy atom. The molecule has 10 aromatic rings. The first-order chi connectivity index (χ1) is 38.0. The summed E-state index contributed by atoms with van der Waals surface area (Å²) in [5.41, 5.74) is 17.8. The van der Waals surface area contributed by atoms with Gasteiger partial charge in [0.25, 0.3) is 5.91 Å². The van der Waals surface area contributed by atoms with Gasteiger partial charge in [-0.05, 0) is 189 Å². The summed E-state index contributed by atoms with van der Waals surface area (Å²) in [7, 11) is 0. The minimum absolute atomic E-state index is 0. The Hall–Kier alpha value is -8.96. The van der Waals surface area contributed by atoms with Crippen molar-refractivity contribution in [1.82, 2.24) is 30.2 Å². The average Bonchev–Trinajstić information content (AvgIpc) is 4.33. The quantitative estimate of drug-likeness (QED) is 0.113. The van der Waals surface area contributed by atoms with E-state index in [1.54, 1.807) is 24.7 Å². The van der Waals surface area contributed by atoms with Crippen molar-refractivity contribution in [3.05, 3.63) is 220 Å². The van der Waals surface area contributed by atoms with Crippen molar-refractivity contribution >= 4 is 50.6 Å². The summed E-state index contributed by atoms with van der Waals surface area (Å²) in [5.74, 6) is 0.386. The Morgan fingerprint density at radius 1 is 0.537 bits per heavy atom. The molecule has 4 heterocycles. The van der Waals surface area contributed by atoms with E-state index in [0.29, 0.717) is 48.0 Å². The fraction of sp³-hybridized carbons (Fsp3) is 0.246. The van der Waals surface area contributed by atoms with Crippen molar-refractivity contribution in [3.8, 4) is 33.4 Å². The summed E-state index contributed by atoms with van der Waals surface area (Å²) in [6.45, 7) is 8.53. The van der Waals surface area contributed by atoms with Gasteiger partial charge < -0.3 is 15.2 Å². The zero-order valence-electron chi connectivity index (χ0n) is 44.3. The maximum absolute atomic E-state index is 12.8. The number of rotatable bonds is 12. The molecule has 3 fully saturated rings. The van der Waals surface area contributed by atoms with Crippen LogP contribution in [0.5, 0.6) is 0 Å². The molecule has 6 aromatic carbocycles. The standard InChI is InChI=1S/C25H22N4O.C22H21NO2.C20H17NO2.2CH4.H2/c1-16-11-23(25(30)28-15-20-14-26-9-10-27-20)29-24-21(16)12-19(17-7-8-17)13-22(24)18-5-3-2-4-6-18;1-3-25-22(24)20-11-14(2)18-12-17(15-9-10-15)13-19(21(18)23-20)16-7-5-4-6-8-16;1-12-9-18(20(22)23)21-19-16(12)10-15(13-7-8-13)11-17(19)14-5-3-2-4-6-14;;;/h2-6,9-14,17H,7-8,15H2,1H3,(H,28,30);4-8,11-13,15H,3,9-10H2,1-2H3;2-6,9-11,13H,7-8H2,1H3,(H,22,23);2*1H4;1H. The number of carbonyl (C=O) groups is 3. The number of aromatic carboxylic acids is 1. The molecule has 406 valence electrons. The highest BCUT2D eigenvalue weighted by atomic mass is 16.5. The molecule has 4 aromatic heterocycles. The van der Waals surface area contributed by atoms with E-state index in [2.05, 4.69) is 105 Å². The number of amides is 1. The second kappa shape index (κ2) is 24.4. The SMILES string of the molecule is C.C.CCOC(=O)c1cc(C)c2cc(C3CC3)cc(-c3ccccc3)c2n1.Cc1cc(C(=O)NCc2cnccn2)nc2c(-c3ccccc3)cc(C3CC3)cc12.Cc1cc(C(=O)O)nc2c(-c3ccccc3)cc(C3CC3)cc12.[HH]. The number of ether oxygens (including phenoxy) is 1. The molecule has 0 radical (unpaired) electrons. The number of nitrogens with one attached hydrogen (secondary N) is 1. The molecule has 80 heavy (non-hydrogen) atoms. The van der Waals surface area contributed by atoms with E-state index >= 15 is 0 Å². The van der Waals surface area contributed by atoms with Crippen molar-refractivity contribution < 1.29 is 25.7 Å². The molecule has 11 nitrogen and oxygen atoms in total. The van der Waals surface area contributed by atoms with Gasteiger partial charge in [-0.3, -0.25) is 14.8 Å². The molecule has 11 heteroatoms. The molecule has 3 aliphatic rings. The Kier molecular flexibility index (Phi) is 17.0. The predicted molar refractivity (Wildman–Crippen MR) is 323 cm³/mol. The summed E-state index contributed by atoms with van der Waals surface area (Å²) in [5, 5.41) is 15.5. The lowest BCUT2D eigenvalue weighted by Crippen LogP contribution is -2.24. The van der Waals surface area contributed by atoms with Crippen LogP contribution in [0.25, 0.3) is 66.1 Å². The van der Waals surface area contributed by atoms with Gasteiger partial charge >= 0.3 is 11.9 Å². The molecule has 13 rings (SSSR count). The van der Waals surface area contributed by atoms with Crippen LogP contribution in [0.2, 0.25) is 0 Å². The topological polar surface area (TPSA) is 157 Å². The van der Waals surface area contributed by atoms with Crippen LogP contribution >= 0.6 is 0 Å². The summed E-state index contributed by atoms with van der Waals surface area (Å²) in [6, 6.07) is 49.4. The fourth-order valence-electron chi connectivity index (χ4n) is 10.2. The number of hydrogen-bond donors (Lipinski definition) is 2. The van der Waals surface area contributed by atoms with Crippen molar-refractivity contribution in [2.75, 3.05) is 6.61 Å². The average molecular weight is 1060 g/mol. The molecular formula is C69H70N6O5. The van der Waals surface area contributed by atoms with Crippen LogP contribution in [0.1, 0.15) is 150 Å². The second-order valence-corrected chi connectivity index (χ2v) is 20.7. The lowest BCUT2D eigenvalue weighted by molar-refractivity contribution is 0.0519. The molecule has 3 aliphatic carbocycles. The summed E-state index contributed by atoms with van der Waals surface area (Å²) < 4.78 is 5.15. The maximum Gasteiger partial charge on any atom is 0.356 e. The normalized spacial score (nSPS) is 13.4. The number of fused-ring (bicyclic) bond motifs is 3. The third-order valence-electron chi connectivity index (χ3n) is 14.8. The fourth-order valence-corrected chi connectivity index (χ4v) is 10.2. The highest BCUT2D eigenvalue weighted by Crippen LogP contribution is 2.46. The first-order valence-corrected chi connectivity index (χ1v) is 26.9. The number of hydrogen-bond acceptors (Lipinski definition) is 9. The van der Waals surface area contributed by atoms with Gasteiger partial charge in [0.15, 0.2) is 0 Å². The van der Waals surface area contributed by atoms with Crippen LogP contribution in [0.15, 0.2) is 164 Å². The van der Waals surface area contributed by atoms with Gasteiger partial charge in [-0.15, -0.1) is 0 Å². The molecular weight excluding hydrogens is 993 g/mol. The summed E-state index contributed by atoms with van der Waals surface area (Å²) >= 11 is 0. The van der Waals surface area contributed by atoms with E-state index in [1.807, 2.05) is 87.5 Å². The van der Waals surface area contributed by atoms with Gasteiger partial charge in [-0.1, -0.05) is 106 Å². The number of benzene rings is 6. The smallest absolute Gasteiger partial charge is 0.356 e. The van der Waals surface area contributed by atoms with E-state index in [9.17, 15) is 19.5 Å². The summed E-state index contributed by atoms with van der Waals surface area (Å²) in [4.78, 5) is 58.5. The lowest BCUT2D eigenvalue weighted by Gasteiger charge is -2.13. The highest BCUT2D eigenvalue weighted by molar-refractivity contribution is 6.02. The molecule has 0 bridgehead atoms. The Morgan fingerprint density at radius 3 is 1.30 bits per heavy atom. The molecule has 0 aliphatic heterocycles. The van der Waals surface area contributed by atoms with Gasteiger partial charge in [-0.25, -0.2) is 24.5 Å². The molecule has 0 saturated heterocycles. The van der Waals surface area contributed by atoms with Gasteiger partial charge in [-0.2, -0.15) is 0 Å². The van der Waals surface area contributed by atoms with Crippen molar-refractivity contribution in [1.29, 1.82) is 0 Å². The van der Waals surface area contributed by atoms with Crippen molar-refractivity contribution in [3.63, 3.8) is 0 Å². The van der Waals surface area contributed by atoms with Crippen molar-refractivity contribution in [2.45, 2.75) is 105 Å². The predicted octanol–water partition coefficient (Wildman–Crippen LogP) is 16.4. The van der Waals surface area contributed by atoms with Crippen LogP contribution in [-0.2, 0) is 11.3 Å². The van der Waals surface area contributed by atoms with Crippen LogP contribution in [-0.4, -0.2) is 54.5 Å². The monoisotopic (exact) mass is 1060 g/mol. The summed E-state index contributed by atoms with van der Waals surface area (Å²) in [6.07, 6.45) is 12.3. The zero-order chi connectivity index (χ0) is 53.9. The number of carboxylic acids is 1.